The Morgan fingerprint density at radius 1 is 1.07 bits per heavy atom. The van der Waals surface area contributed by atoms with Crippen LogP contribution in [0.4, 0.5) is 0 Å². The van der Waals surface area contributed by atoms with Gasteiger partial charge < -0.3 is 9.84 Å². The predicted octanol–water partition coefficient (Wildman–Crippen LogP) is 5.10. The van der Waals surface area contributed by atoms with Crippen molar-refractivity contribution in [2.24, 2.45) is 5.92 Å². The Labute approximate surface area is 164 Å². The van der Waals surface area contributed by atoms with Crippen LogP contribution in [-0.4, -0.2) is 28.3 Å². The van der Waals surface area contributed by atoms with E-state index in [4.69, 9.17) is 9.72 Å². The van der Waals surface area contributed by atoms with Crippen LogP contribution in [0.2, 0.25) is 0 Å². The summed E-state index contributed by atoms with van der Waals surface area (Å²) in [5.41, 5.74) is 6.76. The fraction of sp³-hybridized carbons (Fsp3) is 0.565. The number of hydrogen-bond acceptors (Lipinski definition) is 4. The number of hydrogen-bond donors (Lipinski definition) is 1. The van der Waals surface area contributed by atoms with Gasteiger partial charge in [0.15, 0.2) is 0 Å². The predicted molar refractivity (Wildman–Crippen MR) is 111 cm³/mol. The first-order valence-electron chi connectivity index (χ1n) is 10.2. The molecule has 1 N–H and O–H groups in total. The second-order valence-electron chi connectivity index (χ2n) is 7.23. The van der Waals surface area contributed by atoms with Crippen molar-refractivity contribution in [1.29, 1.82) is 0 Å². The number of ether oxygens (including phenoxy) is 1. The summed E-state index contributed by atoms with van der Waals surface area (Å²) in [7, 11) is 0. The summed E-state index contributed by atoms with van der Waals surface area (Å²) in [6, 6.07) is 6.34. The molecule has 2 unspecified atom stereocenters. The van der Waals surface area contributed by atoms with Crippen LogP contribution < -0.4 is 4.74 Å². The molecule has 4 heteroatoms. The molecule has 0 fully saturated rings. The SMILES string of the molecule is CCOc1ccc(-c2nc(C)c(C(C)C(C)CCO)cc2CC)c(CC)n1. The quantitative estimate of drug-likeness (QED) is 0.667. The highest BCUT2D eigenvalue weighted by molar-refractivity contribution is 5.67. The largest absolute Gasteiger partial charge is 0.478 e. The number of aromatic nitrogens is 2. The zero-order valence-corrected chi connectivity index (χ0v) is 17.7. The zero-order chi connectivity index (χ0) is 20.0. The molecule has 0 aliphatic rings. The summed E-state index contributed by atoms with van der Waals surface area (Å²) in [6.07, 6.45) is 2.57. The average molecular weight is 371 g/mol. The normalized spacial score (nSPS) is 13.4. The molecule has 0 aromatic carbocycles. The minimum atomic E-state index is 0.231. The van der Waals surface area contributed by atoms with Gasteiger partial charge in [0, 0.05) is 23.9 Å². The van der Waals surface area contributed by atoms with E-state index >= 15 is 0 Å². The van der Waals surface area contributed by atoms with E-state index in [0.717, 1.165) is 41.9 Å². The molecule has 0 spiro atoms. The summed E-state index contributed by atoms with van der Waals surface area (Å²) >= 11 is 0. The van der Waals surface area contributed by atoms with Crippen LogP contribution >= 0.6 is 0 Å². The van der Waals surface area contributed by atoms with Gasteiger partial charge >= 0.3 is 0 Å². The van der Waals surface area contributed by atoms with Crippen molar-refractivity contribution in [1.82, 2.24) is 9.97 Å². The smallest absolute Gasteiger partial charge is 0.213 e. The molecule has 0 bridgehead atoms. The molecule has 0 aliphatic carbocycles. The van der Waals surface area contributed by atoms with E-state index in [2.05, 4.69) is 51.7 Å². The van der Waals surface area contributed by atoms with E-state index in [1.165, 1.54) is 11.1 Å². The third-order valence-corrected chi connectivity index (χ3v) is 5.47. The molecule has 0 saturated carbocycles. The van der Waals surface area contributed by atoms with Gasteiger partial charge in [0.25, 0.3) is 0 Å². The van der Waals surface area contributed by atoms with Gasteiger partial charge in [-0.3, -0.25) is 4.98 Å². The van der Waals surface area contributed by atoms with E-state index < -0.39 is 0 Å². The first-order chi connectivity index (χ1) is 13.0. The maximum Gasteiger partial charge on any atom is 0.213 e. The molecule has 0 radical (unpaired) electrons. The van der Waals surface area contributed by atoms with Gasteiger partial charge in [-0.25, -0.2) is 4.98 Å². The van der Waals surface area contributed by atoms with Crippen molar-refractivity contribution >= 4 is 0 Å². The Balaban J connectivity index is 2.51. The fourth-order valence-electron chi connectivity index (χ4n) is 3.58. The first-order valence-corrected chi connectivity index (χ1v) is 10.2. The number of rotatable bonds is 9. The topological polar surface area (TPSA) is 55.2 Å². The number of aliphatic hydroxyl groups is 1. The lowest BCUT2D eigenvalue weighted by Gasteiger charge is -2.23. The van der Waals surface area contributed by atoms with Gasteiger partial charge in [0.05, 0.1) is 18.0 Å². The molecule has 2 rings (SSSR count). The Morgan fingerprint density at radius 2 is 1.81 bits per heavy atom. The lowest BCUT2D eigenvalue weighted by atomic mass is 9.84. The summed E-state index contributed by atoms with van der Waals surface area (Å²) in [4.78, 5) is 9.70. The van der Waals surface area contributed by atoms with Gasteiger partial charge in [-0.05, 0) is 62.1 Å². The highest BCUT2D eigenvalue weighted by atomic mass is 16.5. The third-order valence-electron chi connectivity index (χ3n) is 5.47. The standard InChI is InChI=1S/C23H34N2O2/c1-7-18-14-20(16(5)15(4)12-13-26)17(6)24-23(18)19-10-11-22(27-9-3)25-21(19)8-2/h10-11,14-16,26H,7-9,12-13H2,1-6H3. The molecule has 27 heavy (non-hydrogen) atoms. The fourth-order valence-corrected chi connectivity index (χ4v) is 3.58. The van der Waals surface area contributed by atoms with Gasteiger partial charge in [-0.1, -0.05) is 33.8 Å². The summed E-state index contributed by atoms with van der Waals surface area (Å²) in [5, 5.41) is 9.28. The highest BCUT2D eigenvalue weighted by Crippen LogP contribution is 2.33. The lowest BCUT2D eigenvalue weighted by molar-refractivity contribution is 0.252. The Morgan fingerprint density at radius 3 is 2.41 bits per heavy atom. The van der Waals surface area contributed by atoms with E-state index in [1.54, 1.807) is 0 Å². The molecular formula is C23H34N2O2. The second-order valence-corrected chi connectivity index (χ2v) is 7.23. The summed E-state index contributed by atoms with van der Waals surface area (Å²) < 4.78 is 5.57. The van der Waals surface area contributed by atoms with Crippen LogP contribution in [0, 0.1) is 12.8 Å². The van der Waals surface area contributed by atoms with Crippen molar-refractivity contribution in [2.75, 3.05) is 13.2 Å². The Bertz CT molecular complexity index is 758. The monoisotopic (exact) mass is 370 g/mol. The molecular weight excluding hydrogens is 336 g/mol. The van der Waals surface area contributed by atoms with Crippen LogP contribution in [0.25, 0.3) is 11.3 Å². The number of aryl methyl sites for hydroxylation is 3. The number of pyridine rings is 2. The summed E-state index contributed by atoms with van der Waals surface area (Å²) in [6.45, 7) is 13.6. The molecule has 0 amide bonds. The molecule has 0 saturated heterocycles. The number of nitrogens with zero attached hydrogens (tertiary/aromatic N) is 2. The molecule has 2 atom stereocenters. The zero-order valence-electron chi connectivity index (χ0n) is 17.7. The van der Waals surface area contributed by atoms with E-state index in [1.807, 2.05) is 13.0 Å². The van der Waals surface area contributed by atoms with Gasteiger partial charge in [0.1, 0.15) is 0 Å². The van der Waals surface area contributed by atoms with Crippen LogP contribution in [0.5, 0.6) is 5.88 Å². The van der Waals surface area contributed by atoms with Crippen molar-refractivity contribution in [3.8, 4) is 17.1 Å². The third kappa shape index (κ3) is 4.86. The van der Waals surface area contributed by atoms with Gasteiger partial charge in [-0.2, -0.15) is 0 Å². The van der Waals surface area contributed by atoms with Gasteiger partial charge in [0.2, 0.25) is 5.88 Å². The molecule has 0 aliphatic heterocycles. The van der Waals surface area contributed by atoms with Crippen molar-refractivity contribution < 1.29 is 9.84 Å². The molecule has 148 valence electrons. The van der Waals surface area contributed by atoms with Crippen molar-refractivity contribution in [3.05, 3.63) is 40.7 Å². The van der Waals surface area contributed by atoms with Gasteiger partial charge in [-0.15, -0.1) is 0 Å². The highest BCUT2D eigenvalue weighted by Gasteiger charge is 2.20. The summed E-state index contributed by atoms with van der Waals surface area (Å²) in [5.74, 6) is 1.47. The maximum absolute atomic E-state index is 9.28. The van der Waals surface area contributed by atoms with E-state index in [0.29, 0.717) is 24.3 Å². The average Bonchev–Trinajstić information content (AvgIpc) is 2.67. The first kappa shape index (κ1) is 21.4. The molecule has 2 aromatic rings. The Kier molecular flexibility index (Phi) is 7.78. The van der Waals surface area contributed by atoms with Crippen LogP contribution in [0.15, 0.2) is 18.2 Å². The van der Waals surface area contributed by atoms with E-state index in [9.17, 15) is 5.11 Å². The second kappa shape index (κ2) is 9.84. The van der Waals surface area contributed by atoms with Crippen LogP contribution in [0.1, 0.15) is 69.5 Å². The molecule has 2 heterocycles. The Hall–Kier alpha value is -1.94. The van der Waals surface area contributed by atoms with Crippen LogP contribution in [-0.2, 0) is 12.8 Å². The van der Waals surface area contributed by atoms with E-state index in [-0.39, 0.29) is 6.61 Å². The maximum atomic E-state index is 9.28. The minimum absolute atomic E-state index is 0.231. The lowest BCUT2D eigenvalue weighted by Crippen LogP contribution is -2.12. The molecule has 4 nitrogen and oxygen atoms in total. The molecule has 2 aromatic heterocycles. The van der Waals surface area contributed by atoms with Crippen LogP contribution in [0.3, 0.4) is 0 Å². The number of aliphatic hydroxyl groups excluding tert-OH is 1. The van der Waals surface area contributed by atoms with Crippen molar-refractivity contribution in [3.63, 3.8) is 0 Å². The van der Waals surface area contributed by atoms with Crippen molar-refractivity contribution in [2.45, 2.75) is 66.7 Å². The minimum Gasteiger partial charge on any atom is -0.478 e.